The van der Waals surface area contributed by atoms with Crippen molar-refractivity contribution in [3.05, 3.63) is 117 Å². The number of benzene rings is 2. The molecule has 0 saturated heterocycles. The van der Waals surface area contributed by atoms with Crippen molar-refractivity contribution in [3.8, 4) is 0 Å². The van der Waals surface area contributed by atoms with E-state index in [1.807, 2.05) is 72.9 Å². The second-order valence-electron chi connectivity index (χ2n) is 5.05. The van der Waals surface area contributed by atoms with Gasteiger partial charge in [-0.2, -0.15) is 0 Å². The monoisotopic (exact) mass is 340 g/mol. The summed E-state index contributed by atoms with van der Waals surface area (Å²) < 4.78 is 0. The average molecular weight is 340 g/mol. The SMILES string of the molecule is [N-]=[N+]=Nc1ccc(/C=C/C=C/C=C/C=C/c2ccc(N=[N+]=[N-])cc2)cc1. The molecule has 0 unspecified atom stereocenters. The third-order valence-corrected chi connectivity index (χ3v) is 3.24. The molecule has 2 aromatic carbocycles. The first-order valence-electron chi connectivity index (χ1n) is 7.80. The van der Waals surface area contributed by atoms with Crippen molar-refractivity contribution < 1.29 is 0 Å². The smallest absolute Gasteiger partial charge is 0.0375 e. The average Bonchev–Trinajstić information content (AvgIpc) is 2.67. The first-order valence-corrected chi connectivity index (χ1v) is 7.80. The zero-order valence-corrected chi connectivity index (χ0v) is 13.9. The molecule has 0 spiro atoms. The topological polar surface area (TPSA) is 97.5 Å². The normalized spacial score (nSPS) is 11.2. The zero-order valence-electron chi connectivity index (χ0n) is 13.9. The molecule has 26 heavy (non-hydrogen) atoms. The lowest BCUT2D eigenvalue weighted by Crippen LogP contribution is -1.69. The lowest BCUT2D eigenvalue weighted by atomic mass is 10.2. The highest BCUT2D eigenvalue weighted by atomic mass is 15.1. The van der Waals surface area contributed by atoms with Gasteiger partial charge in [0.15, 0.2) is 0 Å². The van der Waals surface area contributed by atoms with Crippen molar-refractivity contribution in [1.29, 1.82) is 0 Å². The second kappa shape index (κ2) is 10.7. The summed E-state index contributed by atoms with van der Waals surface area (Å²) in [5.41, 5.74) is 20.0. The van der Waals surface area contributed by atoms with Gasteiger partial charge in [-0.1, -0.05) is 107 Å². The molecule has 0 aromatic heterocycles. The van der Waals surface area contributed by atoms with Crippen molar-refractivity contribution in [2.45, 2.75) is 0 Å². The Bertz CT molecular complexity index is 842. The predicted octanol–water partition coefficient (Wildman–Crippen LogP) is 7.41. The van der Waals surface area contributed by atoms with E-state index in [-0.39, 0.29) is 0 Å². The van der Waals surface area contributed by atoms with E-state index in [9.17, 15) is 0 Å². The van der Waals surface area contributed by atoms with Gasteiger partial charge in [0.25, 0.3) is 0 Å². The highest BCUT2D eigenvalue weighted by Gasteiger charge is 1.88. The Hall–Kier alpha value is -3.98. The third-order valence-electron chi connectivity index (χ3n) is 3.24. The quantitative estimate of drug-likeness (QED) is 0.217. The Labute approximate surface area is 151 Å². The van der Waals surface area contributed by atoms with Crippen LogP contribution in [-0.4, -0.2) is 0 Å². The summed E-state index contributed by atoms with van der Waals surface area (Å²) in [6.45, 7) is 0. The van der Waals surface area contributed by atoms with E-state index >= 15 is 0 Å². The number of rotatable bonds is 7. The van der Waals surface area contributed by atoms with Crippen LogP contribution in [0.2, 0.25) is 0 Å². The molecule has 0 heterocycles. The molecule has 6 heteroatoms. The van der Waals surface area contributed by atoms with Crippen LogP contribution >= 0.6 is 0 Å². The lowest BCUT2D eigenvalue weighted by molar-refractivity contribution is 1.47. The van der Waals surface area contributed by atoms with Gasteiger partial charge in [0.05, 0.1) is 0 Å². The van der Waals surface area contributed by atoms with Gasteiger partial charge in [0.2, 0.25) is 0 Å². The molecule has 0 atom stereocenters. The van der Waals surface area contributed by atoms with Crippen LogP contribution < -0.4 is 0 Å². The Morgan fingerprint density at radius 1 is 0.538 bits per heavy atom. The molecule has 0 radical (unpaired) electrons. The van der Waals surface area contributed by atoms with Crippen molar-refractivity contribution >= 4 is 23.5 Å². The Morgan fingerprint density at radius 3 is 1.23 bits per heavy atom. The molecule has 0 aliphatic heterocycles. The van der Waals surface area contributed by atoms with E-state index in [4.69, 9.17) is 11.1 Å². The molecule has 126 valence electrons. The largest absolute Gasteiger partial charge is 0.0623 e. The van der Waals surface area contributed by atoms with Gasteiger partial charge in [0.1, 0.15) is 0 Å². The maximum atomic E-state index is 8.36. The van der Waals surface area contributed by atoms with Crippen LogP contribution in [0.1, 0.15) is 11.1 Å². The number of nitrogens with zero attached hydrogens (tertiary/aromatic N) is 6. The lowest BCUT2D eigenvalue weighted by Gasteiger charge is -1.93. The van der Waals surface area contributed by atoms with Gasteiger partial charge in [0, 0.05) is 21.2 Å². The standard InChI is InChI=1S/C20H16N6/c21-25-23-19-13-9-17(10-14-19)7-5-3-1-2-4-6-8-18-11-15-20(16-12-18)24-26-22/h1-16H/b3-1+,4-2+,7-5+,8-6+. The summed E-state index contributed by atoms with van der Waals surface area (Å²) in [5.74, 6) is 0. The number of hydrogen-bond acceptors (Lipinski definition) is 2. The molecule has 0 amide bonds. The van der Waals surface area contributed by atoms with E-state index in [1.165, 1.54) is 0 Å². The first kappa shape index (κ1) is 18.4. The van der Waals surface area contributed by atoms with Crippen molar-refractivity contribution in [1.82, 2.24) is 0 Å². The molecule has 0 saturated carbocycles. The van der Waals surface area contributed by atoms with E-state index < -0.39 is 0 Å². The van der Waals surface area contributed by atoms with Crippen LogP contribution in [0, 0.1) is 0 Å². The Morgan fingerprint density at radius 2 is 0.885 bits per heavy atom. The van der Waals surface area contributed by atoms with Gasteiger partial charge in [-0.15, -0.1) is 0 Å². The minimum Gasteiger partial charge on any atom is -0.0623 e. The van der Waals surface area contributed by atoms with Crippen LogP contribution in [0.4, 0.5) is 11.4 Å². The maximum Gasteiger partial charge on any atom is 0.0375 e. The summed E-state index contributed by atoms with van der Waals surface area (Å²) in [7, 11) is 0. The fraction of sp³-hybridized carbons (Fsp3) is 0. The van der Waals surface area contributed by atoms with Crippen LogP contribution in [0.15, 0.2) is 95.2 Å². The molecule has 0 N–H and O–H groups in total. The fourth-order valence-corrected chi connectivity index (χ4v) is 2.00. The summed E-state index contributed by atoms with van der Waals surface area (Å²) in [5, 5.41) is 7.06. The molecule has 0 bridgehead atoms. The van der Waals surface area contributed by atoms with E-state index in [2.05, 4.69) is 20.1 Å². The molecular weight excluding hydrogens is 324 g/mol. The number of hydrogen-bond donors (Lipinski definition) is 0. The van der Waals surface area contributed by atoms with E-state index in [0.29, 0.717) is 11.4 Å². The van der Waals surface area contributed by atoms with E-state index in [1.54, 1.807) is 24.3 Å². The molecule has 0 aliphatic carbocycles. The summed E-state index contributed by atoms with van der Waals surface area (Å²) in [6.07, 6.45) is 15.5. The minimum absolute atomic E-state index is 0.599. The van der Waals surface area contributed by atoms with Gasteiger partial charge >= 0.3 is 0 Å². The molecule has 6 nitrogen and oxygen atoms in total. The molecular formula is C20H16N6. The highest BCUT2D eigenvalue weighted by molar-refractivity contribution is 5.55. The highest BCUT2D eigenvalue weighted by Crippen LogP contribution is 2.14. The van der Waals surface area contributed by atoms with Gasteiger partial charge < -0.3 is 0 Å². The third kappa shape index (κ3) is 6.64. The van der Waals surface area contributed by atoms with E-state index in [0.717, 1.165) is 11.1 Å². The van der Waals surface area contributed by atoms with Gasteiger partial charge in [-0.25, -0.2) is 0 Å². The second-order valence-corrected chi connectivity index (χ2v) is 5.05. The summed E-state index contributed by atoms with van der Waals surface area (Å²) in [4.78, 5) is 5.49. The summed E-state index contributed by atoms with van der Waals surface area (Å²) in [6, 6.07) is 14.6. The molecule has 0 aliphatic rings. The summed E-state index contributed by atoms with van der Waals surface area (Å²) >= 11 is 0. The van der Waals surface area contributed by atoms with Crippen LogP contribution in [0.25, 0.3) is 33.0 Å². The Balaban J connectivity index is 1.81. The Kier molecular flexibility index (Phi) is 7.58. The molecule has 2 aromatic rings. The van der Waals surface area contributed by atoms with Crippen molar-refractivity contribution in [2.24, 2.45) is 10.2 Å². The predicted molar refractivity (Wildman–Crippen MR) is 107 cm³/mol. The van der Waals surface area contributed by atoms with Crippen LogP contribution in [0.3, 0.4) is 0 Å². The van der Waals surface area contributed by atoms with Crippen molar-refractivity contribution in [3.63, 3.8) is 0 Å². The number of azide groups is 2. The van der Waals surface area contributed by atoms with Crippen LogP contribution in [-0.2, 0) is 0 Å². The molecule has 2 rings (SSSR count). The maximum absolute atomic E-state index is 8.36. The fourth-order valence-electron chi connectivity index (χ4n) is 2.00. The number of allylic oxidation sites excluding steroid dienone is 6. The molecule has 0 fully saturated rings. The minimum atomic E-state index is 0.599. The van der Waals surface area contributed by atoms with Crippen LogP contribution in [0.5, 0.6) is 0 Å². The van der Waals surface area contributed by atoms with Gasteiger partial charge in [-0.3, -0.25) is 0 Å². The van der Waals surface area contributed by atoms with Gasteiger partial charge in [-0.05, 0) is 22.2 Å². The first-order chi connectivity index (χ1) is 12.8. The zero-order chi connectivity index (χ0) is 18.5. The van der Waals surface area contributed by atoms with Crippen molar-refractivity contribution in [2.75, 3.05) is 0 Å².